The van der Waals surface area contributed by atoms with Gasteiger partial charge in [-0.1, -0.05) is 30.3 Å². The molecule has 0 saturated carbocycles. The van der Waals surface area contributed by atoms with Crippen molar-refractivity contribution in [3.63, 3.8) is 0 Å². The number of aryl methyl sites for hydroxylation is 1. The zero-order chi connectivity index (χ0) is 14.8. The molecule has 1 aromatic carbocycles. The summed E-state index contributed by atoms with van der Waals surface area (Å²) in [6.07, 6.45) is 3.27. The SMILES string of the molecule is Cn1cc(-c2ncc(N)nc2-c2ccccc2)ccc1=O. The molecule has 0 radical (unpaired) electrons. The fourth-order valence-electron chi connectivity index (χ4n) is 2.15. The van der Waals surface area contributed by atoms with Crippen molar-refractivity contribution >= 4 is 5.82 Å². The molecule has 0 aliphatic rings. The Morgan fingerprint density at radius 3 is 2.48 bits per heavy atom. The average Bonchev–Trinajstić information content (AvgIpc) is 2.51. The lowest BCUT2D eigenvalue weighted by Crippen LogP contribution is -2.14. The molecule has 0 unspecified atom stereocenters. The minimum absolute atomic E-state index is 0.0663. The highest BCUT2D eigenvalue weighted by molar-refractivity contribution is 5.78. The summed E-state index contributed by atoms with van der Waals surface area (Å²) in [6.45, 7) is 0. The lowest BCUT2D eigenvalue weighted by atomic mass is 10.1. The van der Waals surface area contributed by atoms with Crippen LogP contribution in [0.2, 0.25) is 0 Å². The molecule has 0 atom stereocenters. The number of pyridine rings is 1. The number of hydrogen-bond acceptors (Lipinski definition) is 4. The first-order chi connectivity index (χ1) is 10.1. The summed E-state index contributed by atoms with van der Waals surface area (Å²) in [6, 6.07) is 13.0. The third kappa shape index (κ3) is 2.53. The molecule has 3 rings (SSSR count). The van der Waals surface area contributed by atoms with Crippen molar-refractivity contribution in [3.8, 4) is 22.5 Å². The van der Waals surface area contributed by atoms with E-state index in [-0.39, 0.29) is 5.56 Å². The second-order valence-corrected chi connectivity index (χ2v) is 4.73. The number of nitrogen functional groups attached to an aromatic ring is 1. The lowest BCUT2D eigenvalue weighted by Gasteiger charge is -2.09. The Labute approximate surface area is 121 Å². The minimum Gasteiger partial charge on any atom is -0.382 e. The van der Waals surface area contributed by atoms with Crippen LogP contribution < -0.4 is 11.3 Å². The molecule has 2 heterocycles. The van der Waals surface area contributed by atoms with Gasteiger partial charge in [0.15, 0.2) is 0 Å². The molecule has 0 aliphatic heterocycles. The first-order valence-corrected chi connectivity index (χ1v) is 6.50. The minimum atomic E-state index is -0.0663. The van der Waals surface area contributed by atoms with E-state index in [9.17, 15) is 4.79 Å². The summed E-state index contributed by atoms with van der Waals surface area (Å²) >= 11 is 0. The van der Waals surface area contributed by atoms with Gasteiger partial charge < -0.3 is 10.3 Å². The Morgan fingerprint density at radius 1 is 1.00 bits per heavy atom. The fraction of sp³-hybridized carbons (Fsp3) is 0.0625. The van der Waals surface area contributed by atoms with Gasteiger partial charge in [-0.25, -0.2) is 4.98 Å². The Kier molecular flexibility index (Phi) is 3.23. The van der Waals surface area contributed by atoms with E-state index in [0.29, 0.717) is 17.2 Å². The molecule has 0 aliphatic carbocycles. The molecule has 0 amide bonds. The summed E-state index contributed by atoms with van der Waals surface area (Å²) in [5.41, 5.74) is 8.86. The number of aromatic nitrogens is 3. The quantitative estimate of drug-likeness (QED) is 0.779. The van der Waals surface area contributed by atoms with Crippen molar-refractivity contribution in [1.82, 2.24) is 14.5 Å². The number of anilines is 1. The molecule has 0 spiro atoms. The number of hydrogen-bond donors (Lipinski definition) is 1. The van der Waals surface area contributed by atoms with Crippen LogP contribution in [0.3, 0.4) is 0 Å². The first kappa shape index (κ1) is 13.1. The van der Waals surface area contributed by atoms with E-state index in [1.165, 1.54) is 16.8 Å². The van der Waals surface area contributed by atoms with Gasteiger partial charge in [-0.05, 0) is 6.07 Å². The highest BCUT2D eigenvalue weighted by Gasteiger charge is 2.12. The number of rotatable bonds is 2. The van der Waals surface area contributed by atoms with E-state index in [4.69, 9.17) is 5.73 Å². The highest BCUT2D eigenvalue weighted by atomic mass is 16.1. The second-order valence-electron chi connectivity index (χ2n) is 4.73. The molecule has 5 nitrogen and oxygen atoms in total. The van der Waals surface area contributed by atoms with Gasteiger partial charge in [-0.2, -0.15) is 0 Å². The third-order valence-electron chi connectivity index (χ3n) is 3.20. The molecular formula is C16H14N4O. The highest BCUT2D eigenvalue weighted by Crippen LogP contribution is 2.28. The van der Waals surface area contributed by atoms with E-state index < -0.39 is 0 Å². The number of benzene rings is 1. The van der Waals surface area contributed by atoms with E-state index >= 15 is 0 Å². The Balaban J connectivity index is 2.23. The largest absolute Gasteiger partial charge is 0.382 e. The van der Waals surface area contributed by atoms with Crippen molar-refractivity contribution in [2.45, 2.75) is 0 Å². The van der Waals surface area contributed by atoms with Gasteiger partial charge in [0.05, 0.1) is 17.6 Å². The summed E-state index contributed by atoms with van der Waals surface area (Å²) in [5.74, 6) is 0.363. The smallest absolute Gasteiger partial charge is 0.250 e. The van der Waals surface area contributed by atoms with Gasteiger partial charge in [-0.3, -0.25) is 9.78 Å². The summed E-state index contributed by atoms with van der Waals surface area (Å²) in [4.78, 5) is 20.3. The zero-order valence-corrected chi connectivity index (χ0v) is 11.5. The summed E-state index contributed by atoms with van der Waals surface area (Å²) in [5, 5.41) is 0. The van der Waals surface area contributed by atoms with Crippen molar-refractivity contribution in [1.29, 1.82) is 0 Å². The van der Waals surface area contributed by atoms with Crippen LogP contribution in [-0.4, -0.2) is 14.5 Å². The maximum atomic E-state index is 11.5. The molecule has 2 aromatic heterocycles. The normalized spacial score (nSPS) is 10.5. The van der Waals surface area contributed by atoms with E-state index in [1.54, 1.807) is 19.3 Å². The van der Waals surface area contributed by atoms with Crippen LogP contribution in [0.4, 0.5) is 5.82 Å². The lowest BCUT2D eigenvalue weighted by molar-refractivity contribution is 0.861. The van der Waals surface area contributed by atoms with Crippen LogP contribution in [0.15, 0.2) is 59.7 Å². The number of nitrogens with zero attached hydrogens (tertiary/aromatic N) is 3. The van der Waals surface area contributed by atoms with Crippen molar-refractivity contribution < 1.29 is 0 Å². The fourth-order valence-corrected chi connectivity index (χ4v) is 2.15. The molecule has 104 valence electrons. The predicted octanol–water partition coefficient (Wildman–Crippen LogP) is 2.09. The third-order valence-corrected chi connectivity index (χ3v) is 3.20. The molecule has 3 aromatic rings. The molecule has 0 bridgehead atoms. The molecule has 0 saturated heterocycles. The van der Waals surface area contributed by atoms with Crippen LogP contribution >= 0.6 is 0 Å². The van der Waals surface area contributed by atoms with Crippen LogP contribution in [0.5, 0.6) is 0 Å². The monoisotopic (exact) mass is 278 g/mol. The standard InChI is InChI=1S/C16H14N4O/c1-20-10-12(7-8-14(20)21)15-16(19-13(17)9-18-15)11-5-3-2-4-6-11/h2-10H,1H3,(H2,17,19). The van der Waals surface area contributed by atoms with Gasteiger partial charge in [0.1, 0.15) is 5.82 Å². The Hall–Kier alpha value is -2.95. The Bertz CT molecular complexity index is 840. The van der Waals surface area contributed by atoms with E-state index in [2.05, 4.69) is 9.97 Å². The molecule has 21 heavy (non-hydrogen) atoms. The van der Waals surface area contributed by atoms with Crippen LogP contribution in [0.1, 0.15) is 0 Å². The van der Waals surface area contributed by atoms with E-state index in [0.717, 1.165) is 11.1 Å². The summed E-state index contributed by atoms with van der Waals surface area (Å²) < 4.78 is 1.52. The molecule has 2 N–H and O–H groups in total. The predicted molar refractivity (Wildman–Crippen MR) is 82.6 cm³/mol. The van der Waals surface area contributed by atoms with Gasteiger partial charge in [0.25, 0.3) is 0 Å². The van der Waals surface area contributed by atoms with Gasteiger partial charge in [-0.15, -0.1) is 0 Å². The molecule has 0 fully saturated rings. The molecule has 5 heteroatoms. The van der Waals surface area contributed by atoms with Gasteiger partial charge in [0, 0.05) is 30.4 Å². The van der Waals surface area contributed by atoms with Crippen molar-refractivity contribution in [2.24, 2.45) is 7.05 Å². The van der Waals surface area contributed by atoms with Crippen LogP contribution in [0, 0.1) is 0 Å². The first-order valence-electron chi connectivity index (χ1n) is 6.50. The van der Waals surface area contributed by atoms with Crippen molar-refractivity contribution in [2.75, 3.05) is 5.73 Å². The number of nitrogens with two attached hydrogens (primary N) is 1. The zero-order valence-electron chi connectivity index (χ0n) is 11.5. The summed E-state index contributed by atoms with van der Waals surface area (Å²) in [7, 11) is 1.71. The van der Waals surface area contributed by atoms with Gasteiger partial charge >= 0.3 is 0 Å². The van der Waals surface area contributed by atoms with Gasteiger partial charge in [0.2, 0.25) is 5.56 Å². The maximum absolute atomic E-state index is 11.5. The molecular weight excluding hydrogens is 264 g/mol. The van der Waals surface area contributed by atoms with Crippen LogP contribution in [0.25, 0.3) is 22.5 Å². The van der Waals surface area contributed by atoms with Crippen molar-refractivity contribution in [3.05, 3.63) is 65.2 Å². The second kappa shape index (κ2) is 5.20. The maximum Gasteiger partial charge on any atom is 0.250 e. The average molecular weight is 278 g/mol. The Morgan fingerprint density at radius 2 is 1.76 bits per heavy atom. The van der Waals surface area contributed by atoms with E-state index in [1.807, 2.05) is 30.3 Å². The topological polar surface area (TPSA) is 73.8 Å². The van der Waals surface area contributed by atoms with Crippen LogP contribution in [-0.2, 0) is 7.05 Å².